The zero-order valence-electron chi connectivity index (χ0n) is 19.4. The number of ether oxygens (including phenoxy) is 2. The topological polar surface area (TPSA) is 109 Å². The molecule has 34 heavy (non-hydrogen) atoms. The summed E-state index contributed by atoms with van der Waals surface area (Å²) >= 11 is 0. The van der Waals surface area contributed by atoms with E-state index >= 15 is 0 Å². The molecule has 4 rings (SSSR count). The third-order valence-corrected chi connectivity index (χ3v) is 6.25. The van der Waals surface area contributed by atoms with Gasteiger partial charge in [-0.3, -0.25) is 19.3 Å². The van der Waals surface area contributed by atoms with Crippen LogP contribution >= 0.6 is 0 Å². The molecule has 2 aliphatic rings. The van der Waals surface area contributed by atoms with Crippen LogP contribution in [0.5, 0.6) is 11.5 Å². The van der Waals surface area contributed by atoms with Gasteiger partial charge in [-0.05, 0) is 42.7 Å². The molecule has 0 spiro atoms. The number of carbonyl (C=O) groups excluding carboxylic acids is 3. The van der Waals surface area contributed by atoms with Crippen molar-refractivity contribution in [3.63, 3.8) is 0 Å². The average molecular weight is 467 g/mol. The Balaban J connectivity index is 1.25. The van der Waals surface area contributed by atoms with E-state index in [2.05, 4.69) is 20.9 Å². The van der Waals surface area contributed by atoms with Gasteiger partial charge in [0.25, 0.3) is 5.91 Å². The summed E-state index contributed by atoms with van der Waals surface area (Å²) in [6.07, 6.45) is 1.53. The van der Waals surface area contributed by atoms with Crippen molar-refractivity contribution >= 4 is 23.4 Å². The minimum atomic E-state index is -0.912. The first kappa shape index (κ1) is 23.6. The van der Waals surface area contributed by atoms with Crippen LogP contribution in [-0.2, 0) is 16.1 Å². The molecule has 0 bridgehead atoms. The number of anilines is 1. The van der Waals surface area contributed by atoms with Crippen LogP contribution in [0.1, 0.15) is 35.2 Å². The largest absolute Gasteiger partial charge is 0.493 e. The van der Waals surface area contributed by atoms with Crippen LogP contribution in [0.2, 0.25) is 0 Å². The number of fused-ring (bicyclic) bond motifs is 1. The van der Waals surface area contributed by atoms with E-state index in [0.717, 1.165) is 38.0 Å². The fraction of sp³-hybridized carbons (Fsp3) is 0.400. The number of rotatable bonds is 7. The molecule has 1 fully saturated rings. The van der Waals surface area contributed by atoms with Crippen LogP contribution in [0.3, 0.4) is 0 Å². The summed E-state index contributed by atoms with van der Waals surface area (Å²) in [6, 6.07) is 11.8. The van der Waals surface area contributed by atoms with Crippen molar-refractivity contribution in [1.82, 2.24) is 15.5 Å². The van der Waals surface area contributed by atoms with Crippen LogP contribution in [0.25, 0.3) is 0 Å². The van der Waals surface area contributed by atoms with E-state index in [9.17, 15) is 14.4 Å². The van der Waals surface area contributed by atoms with Gasteiger partial charge in [0.1, 0.15) is 6.04 Å². The van der Waals surface area contributed by atoms with Crippen molar-refractivity contribution in [2.75, 3.05) is 32.6 Å². The maximum atomic E-state index is 12.6. The van der Waals surface area contributed by atoms with Gasteiger partial charge in [-0.1, -0.05) is 18.2 Å². The predicted molar refractivity (Wildman–Crippen MR) is 127 cm³/mol. The first-order valence-corrected chi connectivity index (χ1v) is 11.4. The maximum absolute atomic E-state index is 12.6. The second kappa shape index (κ2) is 10.6. The lowest BCUT2D eigenvalue weighted by atomic mass is 10.0. The third kappa shape index (κ3) is 5.48. The summed E-state index contributed by atoms with van der Waals surface area (Å²) in [6.45, 7) is 2.47. The molecule has 0 aliphatic carbocycles. The van der Waals surface area contributed by atoms with Gasteiger partial charge in [0, 0.05) is 25.7 Å². The minimum Gasteiger partial charge on any atom is -0.493 e. The van der Waals surface area contributed by atoms with Crippen LogP contribution in [0.15, 0.2) is 42.5 Å². The number of hydrogen-bond acceptors (Lipinski definition) is 6. The Morgan fingerprint density at radius 2 is 1.79 bits per heavy atom. The number of hydrogen-bond donors (Lipinski definition) is 3. The maximum Gasteiger partial charge on any atom is 0.254 e. The Hall–Kier alpha value is -3.59. The molecular formula is C25H30N4O5. The molecule has 2 aliphatic heterocycles. The molecule has 9 nitrogen and oxygen atoms in total. The van der Waals surface area contributed by atoms with E-state index in [1.807, 2.05) is 18.2 Å². The van der Waals surface area contributed by atoms with E-state index in [4.69, 9.17) is 9.47 Å². The summed E-state index contributed by atoms with van der Waals surface area (Å²) in [5, 5.41) is 8.42. The summed E-state index contributed by atoms with van der Waals surface area (Å²) < 4.78 is 10.7. The molecule has 0 unspecified atom stereocenters. The number of nitrogens with one attached hydrogen (secondary N) is 3. The number of amides is 3. The van der Waals surface area contributed by atoms with E-state index in [1.165, 1.54) is 0 Å². The second-order valence-electron chi connectivity index (χ2n) is 8.57. The lowest BCUT2D eigenvalue weighted by Crippen LogP contribution is -2.48. The lowest BCUT2D eigenvalue weighted by molar-refractivity contribution is -0.126. The van der Waals surface area contributed by atoms with Gasteiger partial charge in [-0.2, -0.15) is 0 Å². The smallest absolute Gasteiger partial charge is 0.254 e. The van der Waals surface area contributed by atoms with Crippen LogP contribution < -0.4 is 25.4 Å². The Kier molecular flexibility index (Phi) is 7.32. The van der Waals surface area contributed by atoms with Crippen LogP contribution in [-0.4, -0.2) is 62.0 Å². The second-order valence-corrected chi connectivity index (χ2v) is 8.57. The standard InChI is InChI=1S/C25H30N4O5/c1-33-21-8-7-16(13-22(21)34-2)15-29-11-9-17(10-12-29)26-23(30)14-20-25(32)27-19-6-4-3-5-18(19)24(31)28-20/h3-8,13,17,20H,9-12,14-15H2,1-2H3,(H,26,30)(H,27,32)(H,28,31)/t20-/m1/s1. The fourth-order valence-electron chi connectivity index (χ4n) is 4.40. The number of benzene rings is 2. The van der Waals surface area contributed by atoms with Crippen LogP contribution in [0, 0.1) is 0 Å². The Bertz CT molecular complexity index is 1070. The zero-order valence-corrected chi connectivity index (χ0v) is 19.4. The number of likely N-dealkylation sites (tertiary alicyclic amines) is 1. The van der Waals surface area contributed by atoms with Crippen LogP contribution in [0.4, 0.5) is 5.69 Å². The van der Waals surface area contributed by atoms with Crippen molar-refractivity contribution in [2.24, 2.45) is 0 Å². The SMILES string of the molecule is COc1ccc(CN2CCC(NC(=O)C[C@H]3NC(=O)c4ccccc4NC3=O)CC2)cc1OC. The minimum absolute atomic E-state index is 0.0379. The van der Waals surface area contributed by atoms with E-state index in [0.29, 0.717) is 22.7 Å². The van der Waals surface area contributed by atoms with E-state index in [1.54, 1.807) is 38.5 Å². The highest BCUT2D eigenvalue weighted by atomic mass is 16.5. The predicted octanol–water partition coefficient (Wildman–Crippen LogP) is 1.93. The summed E-state index contributed by atoms with van der Waals surface area (Å²) in [7, 11) is 3.24. The van der Waals surface area contributed by atoms with Gasteiger partial charge in [0.2, 0.25) is 11.8 Å². The highest BCUT2D eigenvalue weighted by Crippen LogP contribution is 2.28. The normalized spacial score (nSPS) is 18.8. The van der Waals surface area contributed by atoms with Crippen molar-refractivity contribution in [3.8, 4) is 11.5 Å². The number of nitrogens with zero attached hydrogens (tertiary/aromatic N) is 1. The first-order valence-electron chi connectivity index (χ1n) is 11.4. The highest BCUT2D eigenvalue weighted by Gasteiger charge is 2.30. The molecule has 2 aromatic carbocycles. The quantitative estimate of drug-likeness (QED) is 0.575. The Morgan fingerprint density at radius 1 is 1.06 bits per heavy atom. The van der Waals surface area contributed by atoms with Crippen molar-refractivity contribution in [2.45, 2.75) is 37.9 Å². The van der Waals surface area contributed by atoms with Crippen molar-refractivity contribution in [1.29, 1.82) is 0 Å². The summed E-state index contributed by atoms with van der Waals surface area (Å²) in [4.78, 5) is 39.9. The molecule has 0 saturated carbocycles. The molecule has 1 saturated heterocycles. The molecule has 2 aromatic rings. The monoisotopic (exact) mass is 466 g/mol. The Labute approximate surface area is 198 Å². The molecular weight excluding hydrogens is 436 g/mol. The van der Waals surface area contributed by atoms with Gasteiger partial charge in [0.15, 0.2) is 11.5 Å². The van der Waals surface area contributed by atoms with E-state index in [-0.39, 0.29) is 24.3 Å². The molecule has 0 radical (unpaired) electrons. The Morgan fingerprint density at radius 3 is 2.53 bits per heavy atom. The zero-order chi connectivity index (χ0) is 24.1. The van der Waals surface area contributed by atoms with Crippen molar-refractivity contribution in [3.05, 3.63) is 53.6 Å². The number of carbonyl (C=O) groups is 3. The third-order valence-electron chi connectivity index (χ3n) is 6.25. The summed E-state index contributed by atoms with van der Waals surface area (Å²) in [5.74, 6) is 0.410. The first-order chi connectivity index (χ1) is 16.5. The van der Waals surface area contributed by atoms with Gasteiger partial charge < -0.3 is 25.4 Å². The lowest BCUT2D eigenvalue weighted by Gasteiger charge is -2.32. The fourth-order valence-corrected chi connectivity index (χ4v) is 4.40. The van der Waals surface area contributed by atoms with Gasteiger partial charge >= 0.3 is 0 Å². The molecule has 3 N–H and O–H groups in total. The number of para-hydroxylation sites is 1. The summed E-state index contributed by atoms with van der Waals surface area (Å²) in [5.41, 5.74) is 1.98. The molecule has 180 valence electrons. The van der Waals surface area contributed by atoms with Crippen molar-refractivity contribution < 1.29 is 23.9 Å². The van der Waals surface area contributed by atoms with Gasteiger partial charge in [-0.25, -0.2) is 0 Å². The molecule has 9 heteroatoms. The van der Waals surface area contributed by atoms with E-state index < -0.39 is 11.9 Å². The molecule has 2 heterocycles. The number of methoxy groups -OCH3 is 2. The highest BCUT2D eigenvalue weighted by molar-refractivity contribution is 6.10. The molecule has 3 amide bonds. The molecule has 1 atom stereocenters. The molecule has 0 aromatic heterocycles. The number of piperidine rings is 1. The van der Waals surface area contributed by atoms with Gasteiger partial charge in [-0.15, -0.1) is 0 Å². The van der Waals surface area contributed by atoms with Gasteiger partial charge in [0.05, 0.1) is 31.9 Å². The average Bonchev–Trinajstić information content (AvgIpc) is 2.96.